The standard InChI is InChI=1S/C21H24FN7O/c1-28-19(23-13-24-28)12-30-21-15(10-14-6-2-3-7-14)11-18-25-26-20(29(18)27-21)16-8-4-5-9-17(16)22/h4-5,8-9,11,13-14,19H,2-3,6-7,10,12H2,1H3,(H,23,24). The van der Waals surface area contributed by atoms with Crippen LogP contribution in [0.2, 0.25) is 0 Å². The Hall–Kier alpha value is -3.07. The molecule has 3 heterocycles. The van der Waals surface area contributed by atoms with Gasteiger partial charge in [0.1, 0.15) is 12.4 Å². The van der Waals surface area contributed by atoms with Crippen LogP contribution < -0.4 is 10.2 Å². The minimum Gasteiger partial charge on any atom is -0.473 e. The van der Waals surface area contributed by atoms with E-state index >= 15 is 0 Å². The summed E-state index contributed by atoms with van der Waals surface area (Å²) in [5.41, 5.74) is 4.98. The molecule has 2 aliphatic rings. The summed E-state index contributed by atoms with van der Waals surface area (Å²) in [6.45, 7) is 0.354. The molecule has 1 fully saturated rings. The molecule has 0 amide bonds. The summed E-state index contributed by atoms with van der Waals surface area (Å²) < 4.78 is 22.0. The van der Waals surface area contributed by atoms with Crippen LogP contribution in [0.1, 0.15) is 31.2 Å². The van der Waals surface area contributed by atoms with Crippen LogP contribution in [0.25, 0.3) is 17.0 Å². The van der Waals surface area contributed by atoms with E-state index < -0.39 is 0 Å². The molecule has 3 aromatic rings. The molecule has 30 heavy (non-hydrogen) atoms. The van der Waals surface area contributed by atoms with Crippen molar-refractivity contribution in [3.05, 3.63) is 41.7 Å². The number of halogens is 1. The molecule has 0 bridgehead atoms. The zero-order valence-corrected chi connectivity index (χ0v) is 16.8. The van der Waals surface area contributed by atoms with E-state index in [4.69, 9.17) is 9.84 Å². The second-order valence-corrected chi connectivity index (χ2v) is 7.91. The van der Waals surface area contributed by atoms with Gasteiger partial charge in [-0.3, -0.25) is 4.99 Å². The first-order valence-electron chi connectivity index (χ1n) is 10.3. The number of nitrogens with one attached hydrogen (secondary N) is 1. The van der Waals surface area contributed by atoms with Gasteiger partial charge in [0.25, 0.3) is 0 Å². The molecule has 1 aliphatic carbocycles. The summed E-state index contributed by atoms with van der Waals surface area (Å²) >= 11 is 0. The summed E-state index contributed by atoms with van der Waals surface area (Å²) in [5, 5.41) is 15.0. The fraction of sp³-hybridized carbons (Fsp3) is 0.429. The second kappa shape index (κ2) is 7.98. The smallest absolute Gasteiger partial charge is 0.235 e. The quantitative estimate of drug-likeness (QED) is 0.674. The first-order chi connectivity index (χ1) is 14.7. The minimum absolute atomic E-state index is 0.131. The summed E-state index contributed by atoms with van der Waals surface area (Å²) in [4.78, 5) is 4.35. The largest absolute Gasteiger partial charge is 0.473 e. The summed E-state index contributed by atoms with van der Waals surface area (Å²) in [7, 11) is 1.91. The van der Waals surface area contributed by atoms with Crippen LogP contribution in [0.4, 0.5) is 4.39 Å². The summed E-state index contributed by atoms with van der Waals surface area (Å²) in [6, 6.07) is 8.47. The summed E-state index contributed by atoms with van der Waals surface area (Å²) in [5.74, 6) is 1.15. The third-order valence-corrected chi connectivity index (χ3v) is 5.86. The van der Waals surface area contributed by atoms with Crippen LogP contribution >= 0.6 is 0 Å². The molecule has 1 N–H and O–H groups in total. The van der Waals surface area contributed by atoms with Crippen LogP contribution in [0.3, 0.4) is 0 Å². The highest BCUT2D eigenvalue weighted by Crippen LogP contribution is 2.32. The Morgan fingerprint density at radius 2 is 2.03 bits per heavy atom. The van der Waals surface area contributed by atoms with Crippen LogP contribution in [0.5, 0.6) is 5.88 Å². The Labute approximate surface area is 173 Å². The van der Waals surface area contributed by atoms with Crippen molar-refractivity contribution < 1.29 is 9.13 Å². The van der Waals surface area contributed by atoms with Gasteiger partial charge in [-0.2, -0.15) is 9.52 Å². The first kappa shape index (κ1) is 18.9. The first-order valence-corrected chi connectivity index (χ1v) is 10.3. The van der Waals surface area contributed by atoms with Gasteiger partial charge in [0.05, 0.1) is 11.9 Å². The highest BCUT2D eigenvalue weighted by atomic mass is 19.1. The van der Waals surface area contributed by atoms with Crippen LogP contribution in [-0.2, 0) is 6.42 Å². The average Bonchev–Trinajstić information content (AvgIpc) is 3.49. The van der Waals surface area contributed by atoms with E-state index in [0.717, 1.165) is 12.0 Å². The molecule has 0 radical (unpaired) electrons. The van der Waals surface area contributed by atoms with Crippen molar-refractivity contribution in [2.24, 2.45) is 10.9 Å². The maximum Gasteiger partial charge on any atom is 0.235 e. The molecule has 1 aliphatic heterocycles. The molecule has 5 rings (SSSR count). The van der Waals surface area contributed by atoms with Crippen LogP contribution in [0, 0.1) is 11.7 Å². The number of hydrogen-bond donors (Lipinski definition) is 1. The van der Waals surface area contributed by atoms with Crippen molar-refractivity contribution in [1.29, 1.82) is 0 Å². The van der Waals surface area contributed by atoms with Crippen molar-refractivity contribution in [1.82, 2.24) is 30.2 Å². The van der Waals surface area contributed by atoms with Crippen molar-refractivity contribution in [2.45, 2.75) is 38.3 Å². The van der Waals surface area contributed by atoms with Crippen molar-refractivity contribution in [3.63, 3.8) is 0 Å². The zero-order chi connectivity index (χ0) is 20.5. The molecular formula is C21H24FN7O. The van der Waals surface area contributed by atoms with E-state index in [2.05, 4.69) is 20.6 Å². The Bertz CT molecular complexity index is 1080. The lowest BCUT2D eigenvalue weighted by Crippen LogP contribution is -2.38. The van der Waals surface area contributed by atoms with Crippen molar-refractivity contribution >= 4 is 12.0 Å². The Balaban J connectivity index is 1.52. The lowest BCUT2D eigenvalue weighted by molar-refractivity contribution is 0.157. The lowest BCUT2D eigenvalue weighted by atomic mass is 9.99. The van der Waals surface area contributed by atoms with Crippen LogP contribution in [0.15, 0.2) is 35.3 Å². The second-order valence-electron chi connectivity index (χ2n) is 7.91. The molecule has 156 valence electrons. The lowest BCUT2D eigenvalue weighted by Gasteiger charge is -2.19. The van der Waals surface area contributed by atoms with E-state index in [0.29, 0.717) is 35.4 Å². The van der Waals surface area contributed by atoms with Gasteiger partial charge in [0, 0.05) is 12.6 Å². The number of nitrogens with zero attached hydrogens (tertiary/aromatic N) is 6. The van der Waals surface area contributed by atoms with E-state index in [9.17, 15) is 4.39 Å². The van der Waals surface area contributed by atoms with Crippen molar-refractivity contribution in [3.8, 4) is 17.3 Å². The molecular weight excluding hydrogens is 385 g/mol. The molecule has 1 unspecified atom stereocenters. The predicted molar refractivity (Wildman–Crippen MR) is 111 cm³/mol. The average molecular weight is 409 g/mol. The van der Waals surface area contributed by atoms with Crippen LogP contribution in [-0.4, -0.2) is 51.0 Å². The number of fused-ring (bicyclic) bond motifs is 1. The Morgan fingerprint density at radius 3 is 2.80 bits per heavy atom. The van der Waals surface area contributed by atoms with Gasteiger partial charge in [-0.1, -0.05) is 37.8 Å². The number of rotatable bonds is 6. The molecule has 1 saturated carbocycles. The fourth-order valence-corrected chi connectivity index (χ4v) is 4.16. The topological polar surface area (TPSA) is 79.9 Å². The zero-order valence-electron chi connectivity index (χ0n) is 16.8. The Morgan fingerprint density at radius 1 is 1.20 bits per heavy atom. The number of aliphatic imine (C=N–C) groups is 1. The van der Waals surface area contributed by atoms with Gasteiger partial charge in [0.2, 0.25) is 5.88 Å². The normalized spacial score (nSPS) is 19.6. The molecule has 2 aromatic heterocycles. The molecule has 1 atom stereocenters. The molecule has 0 spiro atoms. The van der Waals surface area contributed by atoms with Gasteiger partial charge in [-0.15, -0.1) is 15.3 Å². The molecule has 1 aromatic carbocycles. The maximum atomic E-state index is 14.4. The number of likely N-dealkylation sites (N-methyl/N-ethyl adjacent to an activating group) is 1. The predicted octanol–water partition coefficient (Wildman–Crippen LogP) is 2.85. The molecule has 0 saturated heterocycles. The van der Waals surface area contributed by atoms with E-state index in [1.54, 1.807) is 29.1 Å². The van der Waals surface area contributed by atoms with Gasteiger partial charge >= 0.3 is 0 Å². The van der Waals surface area contributed by atoms with E-state index in [1.165, 1.54) is 31.7 Å². The minimum atomic E-state index is -0.362. The SMILES string of the molecule is CN1NC=NC1COc1nn2c(-c3ccccc3F)nnc2cc1CC1CCCC1. The fourth-order valence-electron chi connectivity index (χ4n) is 4.16. The molecule has 8 nitrogen and oxygen atoms in total. The monoisotopic (exact) mass is 409 g/mol. The van der Waals surface area contributed by atoms with E-state index in [-0.39, 0.29) is 12.0 Å². The number of hydrogen-bond acceptors (Lipinski definition) is 7. The van der Waals surface area contributed by atoms with Gasteiger partial charge in [-0.25, -0.2) is 4.39 Å². The number of ether oxygens (including phenoxy) is 1. The summed E-state index contributed by atoms with van der Waals surface area (Å²) in [6.07, 6.45) is 7.39. The number of benzene rings is 1. The van der Waals surface area contributed by atoms with Crippen molar-refractivity contribution in [2.75, 3.05) is 13.7 Å². The molecule has 9 heteroatoms. The van der Waals surface area contributed by atoms with Gasteiger partial charge < -0.3 is 10.2 Å². The van der Waals surface area contributed by atoms with Gasteiger partial charge in [0.15, 0.2) is 17.6 Å². The third kappa shape index (κ3) is 3.60. The number of aromatic nitrogens is 4. The highest BCUT2D eigenvalue weighted by Gasteiger charge is 2.23. The third-order valence-electron chi connectivity index (χ3n) is 5.86. The maximum absolute atomic E-state index is 14.4. The highest BCUT2D eigenvalue weighted by molar-refractivity contribution is 5.60. The number of hydrazine groups is 1. The Kier molecular flexibility index (Phi) is 5.04. The van der Waals surface area contributed by atoms with Gasteiger partial charge in [-0.05, 0) is 30.5 Å². The van der Waals surface area contributed by atoms with E-state index in [1.807, 2.05) is 18.1 Å².